The maximum atomic E-state index is 12.4. The Morgan fingerprint density at radius 2 is 2.08 bits per heavy atom. The fourth-order valence-electron chi connectivity index (χ4n) is 2.63. The van der Waals surface area contributed by atoms with E-state index in [2.05, 4.69) is 10.1 Å². The highest BCUT2D eigenvalue weighted by atomic mass is 16.5. The number of carbonyl (C=O) groups is 1. The highest BCUT2D eigenvalue weighted by molar-refractivity contribution is 5.91. The Morgan fingerprint density at radius 3 is 2.80 bits per heavy atom. The largest absolute Gasteiger partial charge is 0.459 e. The van der Waals surface area contributed by atoms with Crippen molar-refractivity contribution >= 4 is 5.91 Å². The number of benzene rings is 1. The molecule has 0 spiro atoms. The molecule has 0 atom stereocenters. The molecule has 0 radical (unpaired) electrons. The van der Waals surface area contributed by atoms with Gasteiger partial charge in [0.05, 0.1) is 6.26 Å². The molecule has 3 rings (SSSR count). The van der Waals surface area contributed by atoms with E-state index in [0.29, 0.717) is 37.0 Å². The van der Waals surface area contributed by atoms with Crippen LogP contribution in [0.4, 0.5) is 0 Å². The van der Waals surface area contributed by atoms with Crippen LogP contribution in [0.15, 0.2) is 51.6 Å². The maximum absolute atomic E-state index is 12.4. The van der Waals surface area contributed by atoms with Crippen molar-refractivity contribution in [1.82, 2.24) is 15.0 Å². The number of furan rings is 1. The molecular weight excluding hydrogens is 318 g/mol. The molecule has 0 fully saturated rings. The summed E-state index contributed by atoms with van der Waals surface area (Å²) in [6.45, 7) is 5.21. The molecule has 0 aliphatic carbocycles. The molecule has 0 bridgehead atoms. The van der Waals surface area contributed by atoms with Crippen molar-refractivity contribution < 1.29 is 13.7 Å². The number of hydrogen-bond acceptors (Lipinski definition) is 5. The van der Waals surface area contributed by atoms with Gasteiger partial charge in [0.25, 0.3) is 5.91 Å². The van der Waals surface area contributed by atoms with Gasteiger partial charge in [-0.2, -0.15) is 4.98 Å². The number of carbonyl (C=O) groups excluding carboxylic acids is 1. The van der Waals surface area contributed by atoms with Gasteiger partial charge in [-0.25, -0.2) is 0 Å². The summed E-state index contributed by atoms with van der Waals surface area (Å²) in [5, 5.41) is 4.04. The van der Waals surface area contributed by atoms with Crippen LogP contribution in [0.1, 0.15) is 35.4 Å². The van der Waals surface area contributed by atoms with E-state index in [1.807, 2.05) is 38.1 Å². The van der Waals surface area contributed by atoms with Crippen molar-refractivity contribution in [3.63, 3.8) is 0 Å². The number of rotatable bonds is 7. The predicted octanol–water partition coefficient (Wildman–Crippen LogP) is 3.73. The molecule has 0 aliphatic heterocycles. The van der Waals surface area contributed by atoms with Gasteiger partial charge in [-0.15, -0.1) is 0 Å². The molecule has 6 heteroatoms. The zero-order chi connectivity index (χ0) is 17.6. The summed E-state index contributed by atoms with van der Waals surface area (Å²) in [4.78, 5) is 18.6. The Kier molecular flexibility index (Phi) is 5.28. The average molecular weight is 339 g/mol. The van der Waals surface area contributed by atoms with Crippen LogP contribution in [0, 0.1) is 6.92 Å². The number of aromatic nitrogens is 2. The van der Waals surface area contributed by atoms with E-state index in [9.17, 15) is 4.79 Å². The molecule has 0 N–H and O–H groups in total. The molecule has 2 aromatic heterocycles. The van der Waals surface area contributed by atoms with E-state index in [1.54, 1.807) is 17.0 Å². The van der Waals surface area contributed by atoms with Crippen LogP contribution in [-0.2, 0) is 6.42 Å². The van der Waals surface area contributed by atoms with Crippen LogP contribution < -0.4 is 0 Å². The Hall–Kier alpha value is -2.89. The topological polar surface area (TPSA) is 72.4 Å². The highest BCUT2D eigenvalue weighted by Gasteiger charge is 2.18. The lowest BCUT2D eigenvalue weighted by molar-refractivity contribution is 0.0722. The third kappa shape index (κ3) is 4.15. The van der Waals surface area contributed by atoms with Gasteiger partial charge in [0.2, 0.25) is 11.7 Å². The van der Waals surface area contributed by atoms with Crippen molar-refractivity contribution in [3.05, 3.63) is 59.9 Å². The van der Waals surface area contributed by atoms with Crippen molar-refractivity contribution in [2.24, 2.45) is 0 Å². The van der Waals surface area contributed by atoms with Crippen LogP contribution in [0.3, 0.4) is 0 Å². The van der Waals surface area contributed by atoms with Gasteiger partial charge in [0.1, 0.15) is 0 Å². The van der Waals surface area contributed by atoms with Crippen LogP contribution in [0.25, 0.3) is 11.4 Å². The SMILES string of the molecule is CCCN(CCc1nc(-c2cccc(C)c2)no1)C(=O)c1ccco1. The Bertz CT molecular complexity index is 824. The molecule has 3 aromatic rings. The second kappa shape index (κ2) is 7.79. The summed E-state index contributed by atoms with van der Waals surface area (Å²) in [6, 6.07) is 11.3. The second-order valence-electron chi connectivity index (χ2n) is 5.90. The van der Waals surface area contributed by atoms with Crippen molar-refractivity contribution in [2.45, 2.75) is 26.7 Å². The van der Waals surface area contributed by atoms with Crippen molar-refractivity contribution in [1.29, 1.82) is 0 Å². The lowest BCUT2D eigenvalue weighted by atomic mass is 10.1. The summed E-state index contributed by atoms with van der Waals surface area (Å²) in [6.07, 6.45) is 2.87. The minimum Gasteiger partial charge on any atom is -0.459 e. The zero-order valence-electron chi connectivity index (χ0n) is 14.4. The highest BCUT2D eigenvalue weighted by Crippen LogP contribution is 2.17. The van der Waals surface area contributed by atoms with Gasteiger partial charge in [0, 0.05) is 25.1 Å². The quantitative estimate of drug-likeness (QED) is 0.656. The Labute approximate surface area is 146 Å². The minimum atomic E-state index is -0.120. The fourth-order valence-corrected chi connectivity index (χ4v) is 2.63. The van der Waals surface area contributed by atoms with E-state index >= 15 is 0 Å². The summed E-state index contributed by atoms with van der Waals surface area (Å²) in [5.74, 6) is 1.31. The first-order valence-corrected chi connectivity index (χ1v) is 8.39. The van der Waals surface area contributed by atoms with Gasteiger partial charge >= 0.3 is 0 Å². The van der Waals surface area contributed by atoms with Crippen LogP contribution in [0.2, 0.25) is 0 Å². The number of hydrogen-bond donors (Lipinski definition) is 0. The average Bonchev–Trinajstić information content (AvgIpc) is 3.29. The lowest BCUT2D eigenvalue weighted by Gasteiger charge is -2.19. The fraction of sp³-hybridized carbons (Fsp3) is 0.316. The van der Waals surface area contributed by atoms with E-state index < -0.39 is 0 Å². The first-order valence-electron chi connectivity index (χ1n) is 8.39. The van der Waals surface area contributed by atoms with Gasteiger partial charge < -0.3 is 13.8 Å². The van der Waals surface area contributed by atoms with Crippen LogP contribution in [-0.4, -0.2) is 34.0 Å². The van der Waals surface area contributed by atoms with Crippen LogP contribution in [0.5, 0.6) is 0 Å². The molecule has 0 saturated heterocycles. The van der Waals surface area contributed by atoms with E-state index in [-0.39, 0.29) is 5.91 Å². The van der Waals surface area contributed by atoms with Gasteiger partial charge in [-0.05, 0) is 31.5 Å². The van der Waals surface area contributed by atoms with Gasteiger partial charge in [-0.1, -0.05) is 35.8 Å². The van der Waals surface area contributed by atoms with Gasteiger partial charge in [0.15, 0.2) is 5.76 Å². The standard InChI is InChI=1S/C19H21N3O3/c1-3-10-22(19(23)16-8-5-12-24-16)11-9-17-20-18(21-25-17)15-7-4-6-14(2)13-15/h4-8,12-13H,3,9-11H2,1-2H3. The van der Waals surface area contributed by atoms with Crippen molar-refractivity contribution in [3.8, 4) is 11.4 Å². The van der Waals surface area contributed by atoms with Crippen molar-refractivity contribution in [2.75, 3.05) is 13.1 Å². The molecular formula is C19H21N3O3. The zero-order valence-corrected chi connectivity index (χ0v) is 14.4. The van der Waals surface area contributed by atoms with E-state index in [4.69, 9.17) is 8.94 Å². The first-order chi connectivity index (χ1) is 12.2. The molecule has 2 heterocycles. The molecule has 25 heavy (non-hydrogen) atoms. The molecule has 1 amide bonds. The first kappa shape index (κ1) is 17.0. The third-order valence-electron chi connectivity index (χ3n) is 3.85. The predicted molar refractivity (Wildman–Crippen MR) is 93.1 cm³/mol. The number of aryl methyl sites for hydroxylation is 1. The summed E-state index contributed by atoms with van der Waals surface area (Å²) >= 11 is 0. The van der Waals surface area contributed by atoms with E-state index in [1.165, 1.54) is 6.26 Å². The van der Waals surface area contributed by atoms with E-state index in [0.717, 1.165) is 17.5 Å². The monoisotopic (exact) mass is 339 g/mol. The number of amides is 1. The molecule has 0 saturated carbocycles. The maximum Gasteiger partial charge on any atom is 0.289 e. The smallest absolute Gasteiger partial charge is 0.289 e. The molecule has 130 valence electrons. The third-order valence-corrected chi connectivity index (χ3v) is 3.85. The summed E-state index contributed by atoms with van der Waals surface area (Å²) in [5.41, 5.74) is 2.06. The lowest BCUT2D eigenvalue weighted by Crippen LogP contribution is -2.33. The molecule has 0 aliphatic rings. The second-order valence-corrected chi connectivity index (χ2v) is 5.90. The normalized spacial score (nSPS) is 10.8. The molecule has 0 unspecified atom stereocenters. The van der Waals surface area contributed by atoms with Gasteiger partial charge in [-0.3, -0.25) is 4.79 Å². The molecule has 6 nitrogen and oxygen atoms in total. The molecule has 1 aromatic carbocycles. The minimum absolute atomic E-state index is 0.120. The Morgan fingerprint density at radius 1 is 1.20 bits per heavy atom. The number of nitrogens with zero attached hydrogens (tertiary/aromatic N) is 3. The summed E-state index contributed by atoms with van der Waals surface area (Å²) < 4.78 is 10.5. The Balaban J connectivity index is 1.66. The van der Waals surface area contributed by atoms with Crippen LogP contribution >= 0.6 is 0 Å². The summed E-state index contributed by atoms with van der Waals surface area (Å²) in [7, 11) is 0.